The lowest BCUT2D eigenvalue weighted by Gasteiger charge is -2.02. The van der Waals surface area contributed by atoms with Gasteiger partial charge in [0, 0.05) is 12.1 Å². The molecule has 0 saturated carbocycles. The van der Waals surface area contributed by atoms with E-state index in [0.717, 1.165) is 0 Å². The zero-order chi connectivity index (χ0) is 14.3. The third kappa shape index (κ3) is 2.18. The number of pyridine rings is 1. The first-order chi connectivity index (χ1) is 9.50. The van der Waals surface area contributed by atoms with Crippen LogP contribution in [0.4, 0.5) is 0 Å². The summed E-state index contributed by atoms with van der Waals surface area (Å²) in [7, 11) is -1.63. The number of carbonyl (C=O) groups excluding carboxylic acids is 1. The largest absolute Gasteiger partial charge is 0.464 e. The fraction of sp³-hybridized carbons (Fsp3) is 0.385. The Hall–Kier alpha value is -1.89. The summed E-state index contributed by atoms with van der Waals surface area (Å²) in [4.78, 5) is 16.1. The lowest BCUT2D eigenvalue weighted by atomic mass is 10.1. The summed E-state index contributed by atoms with van der Waals surface area (Å²) in [5.41, 5.74) is 1.71. The fourth-order valence-electron chi connectivity index (χ4n) is 2.53. The Bertz CT molecular complexity index is 779. The van der Waals surface area contributed by atoms with Crippen LogP contribution in [-0.4, -0.2) is 42.4 Å². The van der Waals surface area contributed by atoms with Gasteiger partial charge in [-0.3, -0.25) is 4.40 Å². The summed E-state index contributed by atoms with van der Waals surface area (Å²) in [6.45, 7) is 0. The number of nitrogens with zero attached hydrogens (tertiary/aromatic N) is 2. The summed E-state index contributed by atoms with van der Waals surface area (Å²) in [6, 6.07) is 5.15. The maximum Gasteiger partial charge on any atom is 0.355 e. The fourth-order valence-corrected chi connectivity index (χ4v) is 4.29. The van der Waals surface area contributed by atoms with Crippen LogP contribution < -0.4 is 0 Å². The maximum absolute atomic E-state index is 11.7. The second kappa shape index (κ2) is 4.59. The molecule has 1 aliphatic heterocycles. The summed E-state index contributed by atoms with van der Waals surface area (Å²) < 4.78 is 29.5. The van der Waals surface area contributed by atoms with Crippen LogP contribution in [0.1, 0.15) is 28.5 Å². The van der Waals surface area contributed by atoms with Crippen LogP contribution in [0.25, 0.3) is 5.65 Å². The quantitative estimate of drug-likeness (QED) is 0.773. The SMILES string of the molecule is COC(=O)c1cccc2nc(C3CCS(=O)(=O)C3)cn12. The van der Waals surface area contributed by atoms with Gasteiger partial charge in [0.2, 0.25) is 0 Å². The number of fused-ring (bicyclic) bond motifs is 1. The minimum atomic E-state index is -2.95. The number of hydrogen-bond acceptors (Lipinski definition) is 5. The normalized spacial score (nSPS) is 21.1. The number of carbonyl (C=O) groups is 1. The number of methoxy groups -OCH3 is 1. The number of esters is 1. The Morgan fingerprint density at radius 3 is 2.90 bits per heavy atom. The van der Waals surface area contributed by atoms with E-state index in [0.29, 0.717) is 23.5 Å². The van der Waals surface area contributed by atoms with Gasteiger partial charge in [0.15, 0.2) is 9.84 Å². The molecule has 106 valence electrons. The molecule has 1 aliphatic rings. The van der Waals surface area contributed by atoms with Gasteiger partial charge in [0.25, 0.3) is 0 Å². The highest BCUT2D eigenvalue weighted by molar-refractivity contribution is 7.91. The predicted molar refractivity (Wildman–Crippen MR) is 72.5 cm³/mol. The average Bonchev–Trinajstić information content (AvgIpc) is 3.00. The Labute approximate surface area is 116 Å². The van der Waals surface area contributed by atoms with E-state index in [1.54, 1.807) is 28.8 Å². The first-order valence-corrected chi connectivity index (χ1v) is 8.09. The van der Waals surface area contributed by atoms with E-state index < -0.39 is 15.8 Å². The average molecular weight is 294 g/mol. The lowest BCUT2D eigenvalue weighted by molar-refractivity contribution is 0.0592. The second-order valence-corrected chi connectivity index (χ2v) is 7.13. The van der Waals surface area contributed by atoms with Gasteiger partial charge in [-0.15, -0.1) is 0 Å². The van der Waals surface area contributed by atoms with E-state index in [2.05, 4.69) is 4.98 Å². The smallest absolute Gasteiger partial charge is 0.355 e. The number of imidazole rings is 1. The Balaban J connectivity index is 2.05. The van der Waals surface area contributed by atoms with Crippen LogP contribution in [-0.2, 0) is 14.6 Å². The van der Waals surface area contributed by atoms with E-state index in [-0.39, 0.29) is 17.4 Å². The Kier molecular flexibility index (Phi) is 3.01. The molecule has 0 aliphatic carbocycles. The van der Waals surface area contributed by atoms with Gasteiger partial charge in [-0.1, -0.05) is 6.07 Å². The van der Waals surface area contributed by atoms with E-state index in [1.807, 2.05) is 0 Å². The molecule has 7 heteroatoms. The Morgan fingerprint density at radius 2 is 2.25 bits per heavy atom. The Morgan fingerprint density at radius 1 is 1.45 bits per heavy atom. The molecule has 3 heterocycles. The third-order valence-corrected chi connectivity index (χ3v) is 5.32. The first kappa shape index (κ1) is 13.1. The molecule has 1 fully saturated rings. The van der Waals surface area contributed by atoms with E-state index >= 15 is 0 Å². The first-order valence-electron chi connectivity index (χ1n) is 6.27. The van der Waals surface area contributed by atoms with Crippen molar-refractivity contribution in [2.45, 2.75) is 12.3 Å². The van der Waals surface area contributed by atoms with Gasteiger partial charge < -0.3 is 4.74 Å². The van der Waals surface area contributed by atoms with Crippen molar-refractivity contribution in [2.75, 3.05) is 18.6 Å². The topological polar surface area (TPSA) is 77.7 Å². The molecule has 0 amide bonds. The minimum Gasteiger partial charge on any atom is -0.464 e. The molecule has 0 N–H and O–H groups in total. The van der Waals surface area contributed by atoms with Crippen LogP contribution in [0.15, 0.2) is 24.4 Å². The van der Waals surface area contributed by atoms with Crippen molar-refractivity contribution in [1.82, 2.24) is 9.38 Å². The van der Waals surface area contributed by atoms with Gasteiger partial charge in [0.05, 0.1) is 24.3 Å². The zero-order valence-electron chi connectivity index (χ0n) is 10.9. The van der Waals surface area contributed by atoms with Crippen molar-refractivity contribution in [1.29, 1.82) is 0 Å². The summed E-state index contributed by atoms with van der Waals surface area (Å²) in [6.07, 6.45) is 2.31. The third-order valence-electron chi connectivity index (χ3n) is 3.56. The van der Waals surface area contributed by atoms with Crippen molar-refractivity contribution < 1.29 is 17.9 Å². The summed E-state index contributed by atoms with van der Waals surface area (Å²) in [5, 5.41) is 0. The molecule has 2 aromatic heterocycles. The van der Waals surface area contributed by atoms with Crippen molar-refractivity contribution in [3.63, 3.8) is 0 Å². The van der Waals surface area contributed by atoms with E-state index in [4.69, 9.17) is 4.74 Å². The molecule has 3 rings (SSSR count). The van der Waals surface area contributed by atoms with Crippen molar-refractivity contribution in [3.05, 3.63) is 35.8 Å². The number of aromatic nitrogens is 2. The predicted octanol–water partition coefficient (Wildman–Crippen LogP) is 1.02. The number of rotatable bonds is 2. The molecule has 1 atom stereocenters. The van der Waals surface area contributed by atoms with Crippen LogP contribution in [0.3, 0.4) is 0 Å². The van der Waals surface area contributed by atoms with Crippen molar-refractivity contribution in [2.24, 2.45) is 0 Å². The molecule has 0 bridgehead atoms. The molecular formula is C13H14N2O4S. The van der Waals surface area contributed by atoms with Crippen LogP contribution >= 0.6 is 0 Å². The molecule has 6 nitrogen and oxygen atoms in total. The van der Waals surface area contributed by atoms with Gasteiger partial charge in [0.1, 0.15) is 11.3 Å². The highest BCUT2D eigenvalue weighted by Crippen LogP contribution is 2.28. The number of hydrogen-bond donors (Lipinski definition) is 0. The minimum absolute atomic E-state index is 0.0922. The van der Waals surface area contributed by atoms with Gasteiger partial charge >= 0.3 is 5.97 Å². The highest BCUT2D eigenvalue weighted by atomic mass is 32.2. The standard InChI is InChI=1S/C13H14N2O4S/c1-19-13(16)11-3-2-4-12-14-10(7-15(11)12)9-5-6-20(17,18)8-9/h2-4,7,9H,5-6,8H2,1H3. The molecule has 0 spiro atoms. The number of ether oxygens (including phenoxy) is 1. The van der Waals surface area contributed by atoms with Crippen molar-refractivity contribution in [3.8, 4) is 0 Å². The molecule has 1 saturated heterocycles. The van der Waals surface area contributed by atoms with Gasteiger partial charge in [-0.2, -0.15) is 0 Å². The van der Waals surface area contributed by atoms with Crippen LogP contribution in [0.2, 0.25) is 0 Å². The summed E-state index contributed by atoms with van der Waals surface area (Å²) >= 11 is 0. The van der Waals surface area contributed by atoms with Gasteiger partial charge in [-0.25, -0.2) is 18.2 Å². The van der Waals surface area contributed by atoms with Gasteiger partial charge in [-0.05, 0) is 18.6 Å². The van der Waals surface area contributed by atoms with E-state index in [1.165, 1.54) is 7.11 Å². The highest BCUT2D eigenvalue weighted by Gasteiger charge is 2.31. The second-order valence-electron chi connectivity index (χ2n) is 4.90. The monoisotopic (exact) mass is 294 g/mol. The van der Waals surface area contributed by atoms with Crippen LogP contribution in [0.5, 0.6) is 0 Å². The molecular weight excluding hydrogens is 280 g/mol. The van der Waals surface area contributed by atoms with Crippen LogP contribution in [0, 0.1) is 0 Å². The summed E-state index contributed by atoms with van der Waals surface area (Å²) in [5.74, 6) is -0.205. The van der Waals surface area contributed by atoms with E-state index in [9.17, 15) is 13.2 Å². The van der Waals surface area contributed by atoms with Crippen molar-refractivity contribution >= 4 is 21.5 Å². The molecule has 0 aromatic carbocycles. The molecule has 1 unspecified atom stereocenters. The molecule has 20 heavy (non-hydrogen) atoms. The zero-order valence-corrected chi connectivity index (χ0v) is 11.8. The molecule has 2 aromatic rings. The number of sulfone groups is 1. The lowest BCUT2D eigenvalue weighted by Crippen LogP contribution is -2.07. The molecule has 0 radical (unpaired) electrons. The maximum atomic E-state index is 11.7.